The predicted molar refractivity (Wildman–Crippen MR) is 145 cm³/mol. The Morgan fingerprint density at radius 3 is 2.03 bits per heavy atom. The predicted octanol–water partition coefficient (Wildman–Crippen LogP) is 6.76. The first-order valence-electron chi connectivity index (χ1n) is 11.5. The Balaban J connectivity index is 0.000000200. The molecule has 6 nitrogen and oxygen atoms in total. The highest BCUT2D eigenvalue weighted by atomic mass is 14.8. The topological polar surface area (TPSA) is 94.0 Å². The Kier molecular flexibility index (Phi) is 5.41. The van der Waals surface area contributed by atoms with Crippen LogP contribution >= 0.6 is 0 Å². The van der Waals surface area contributed by atoms with Gasteiger partial charge in [0.1, 0.15) is 6.07 Å². The van der Waals surface area contributed by atoms with Gasteiger partial charge in [-0.05, 0) is 78.9 Å². The Morgan fingerprint density at radius 2 is 1.28 bits per heavy atom. The van der Waals surface area contributed by atoms with Gasteiger partial charge in [-0.25, -0.2) is 9.97 Å². The fourth-order valence-electron chi connectivity index (χ4n) is 4.13. The summed E-state index contributed by atoms with van der Waals surface area (Å²) in [5.74, 6) is 0. The van der Waals surface area contributed by atoms with Crippen molar-refractivity contribution in [1.82, 2.24) is 24.9 Å². The fraction of sp³-hybridized carbons (Fsp3) is 0. The van der Waals surface area contributed by atoms with Gasteiger partial charge in [0, 0.05) is 28.1 Å². The van der Waals surface area contributed by atoms with Gasteiger partial charge in [0.25, 0.3) is 0 Å². The van der Waals surface area contributed by atoms with E-state index in [9.17, 15) is 5.26 Å². The number of hydrogen-bond acceptors (Lipinski definition) is 4. The summed E-state index contributed by atoms with van der Waals surface area (Å²) >= 11 is 0. The molecule has 2 aliphatic rings. The molecule has 2 aliphatic heterocycles. The summed E-state index contributed by atoms with van der Waals surface area (Å²) in [7, 11) is 0. The number of nitriles is 1. The number of nitrogens with one attached hydrogen (secondary N) is 2. The minimum absolute atomic E-state index is 0.592. The zero-order valence-electron chi connectivity index (χ0n) is 19.2. The Morgan fingerprint density at radius 1 is 0.611 bits per heavy atom. The second-order valence-corrected chi connectivity index (χ2v) is 8.40. The van der Waals surface area contributed by atoms with E-state index >= 15 is 0 Å². The van der Waals surface area contributed by atoms with Crippen molar-refractivity contribution in [1.29, 1.82) is 5.26 Å². The molecule has 5 aromatic rings. The molecule has 0 atom stereocenters. The van der Waals surface area contributed by atoms with Crippen LogP contribution in [0.15, 0.2) is 85.1 Å². The van der Waals surface area contributed by atoms with Crippen LogP contribution in [0.4, 0.5) is 0 Å². The average molecular weight is 465 g/mol. The highest BCUT2D eigenvalue weighted by Crippen LogP contribution is 2.19. The maximum absolute atomic E-state index is 9.42. The number of pyridine rings is 1. The number of para-hydroxylation sites is 1. The zero-order chi connectivity index (χ0) is 24.3. The summed E-state index contributed by atoms with van der Waals surface area (Å²) in [5, 5.41) is 10.6. The smallest absolute Gasteiger partial charge is 0.101 e. The lowest BCUT2D eigenvalue weighted by Crippen LogP contribution is -1.77. The molecule has 0 amide bonds. The van der Waals surface area contributed by atoms with Gasteiger partial charge in [0.05, 0.1) is 39.4 Å². The molecule has 1 aromatic carbocycles. The van der Waals surface area contributed by atoms with Crippen molar-refractivity contribution in [3.05, 3.63) is 113 Å². The number of H-pyrrole nitrogens is 2. The Hall–Kier alpha value is -5.28. The third-order valence-corrected chi connectivity index (χ3v) is 5.80. The van der Waals surface area contributed by atoms with E-state index in [0.717, 1.165) is 50.4 Å². The van der Waals surface area contributed by atoms with E-state index in [-0.39, 0.29) is 0 Å². The van der Waals surface area contributed by atoms with Gasteiger partial charge >= 0.3 is 0 Å². The van der Waals surface area contributed by atoms with Crippen molar-refractivity contribution >= 4 is 57.3 Å². The lowest BCUT2D eigenvalue weighted by molar-refractivity contribution is 1.28. The van der Waals surface area contributed by atoms with Gasteiger partial charge in [0.2, 0.25) is 0 Å². The van der Waals surface area contributed by atoms with E-state index in [4.69, 9.17) is 0 Å². The van der Waals surface area contributed by atoms with Gasteiger partial charge < -0.3 is 9.97 Å². The van der Waals surface area contributed by atoms with Crippen molar-refractivity contribution in [3.63, 3.8) is 0 Å². The monoisotopic (exact) mass is 464 g/mol. The van der Waals surface area contributed by atoms with Crippen LogP contribution in [0, 0.1) is 11.3 Å². The van der Waals surface area contributed by atoms with Crippen molar-refractivity contribution in [2.45, 2.75) is 0 Å². The molecule has 8 bridgehead atoms. The second-order valence-electron chi connectivity index (χ2n) is 8.40. The number of rotatable bonds is 0. The minimum atomic E-state index is 0.592. The van der Waals surface area contributed by atoms with Crippen LogP contribution in [0.5, 0.6) is 0 Å². The van der Waals surface area contributed by atoms with Crippen LogP contribution in [-0.4, -0.2) is 24.9 Å². The molecule has 170 valence electrons. The summed E-state index contributed by atoms with van der Waals surface area (Å²) < 4.78 is 0. The molecule has 0 saturated carbocycles. The van der Waals surface area contributed by atoms with Gasteiger partial charge in [-0.2, -0.15) is 5.26 Å². The number of hydrogen-bond donors (Lipinski definition) is 2. The standard InChI is InChI=1S/C21H13N5.C9H7N/c22-12-13-7-20-10-18-4-3-16(24-18)8-14-1-2-15(23-14)9-17-5-6-19(25-17)11-21(13)26-20;1-2-6-9-8(4-1)5-3-7-10-9/h1-11,24,26H;1-7H. The molecular formula is C30H20N6. The lowest BCUT2D eigenvalue weighted by Gasteiger charge is -1.91. The largest absolute Gasteiger partial charge is 0.355 e. The molecule has 2 N–H and O–H groups in total. The van der Waals surface area contributed by atoms with Gasteiger partial charge in [-0.1, -0.05) is 24.3 Å². The molecule has 0 saturated heterocycles. The summed E-state index contributed by atoms with van der Waals surface area (Å²) in [5.41, 5.74) is 8.59. The van der Waals surface area contributed by atoms with Crippen LogP contribution in [0.1, 0.15) is 28.3 Å². The average Bonchev–Trinajstić information content (AvgIpc) is 3.70. The molecule has 0 radical (unpaired) electrons. The van der Waals surface area contributed by atoms with Crippen molar-refractivity contribution in [3.8, 4) is 6.07 Å². The maximum Gasteiger partial charge on any atom is 0.101 e. The first-order chi connectivity index (χ1) is 17.7. The molecule has 0 aliphatic carbocycles. The first kappa shape index (κ1) is 21.3. The van der Waals surface area contributed by atoms with Crippen LogP contribution in [0.3, 0.4) is 0 Å². The Bertz CT molecular complexity index is 1800. The molecule has 6 heterocycles. The Labute approximate surface area is 207 Å². The van der Waals surface area contributed by atoms with Gasteiger partial charge in [-0.15, -0.1) is 0 Å². The number of aromatic nitrogens is 5. The highest BCUT2D eigenvalue weighted by molar-refractivity contribution is 5.79. The first-order valence-corrected chi connectivity index (χ1v) is 11.5. The van der Waals surface area contributed by atoms with E-state index in [0.29, 0.717) is 5.56 Å². The number of aromatic amines is 2. The van der Waals surface area contributed by atoms with Crippen LogP contribution in [0.25, 0.3) is 57.3 Å². The number of benzene rings is 1. The zero-order valence-corrected chi connectivity index (χ0v) is 19.2. The van der Waals surface area contributed by atoms with E-state index in [1.54, 1.807) is 0 Å². The lowest BCUT2D eigenvalue weighted by atomic mass is 10.2. The molecule has 7 rings (SSSR count). The third kappa shape index (κ3) is 4.54. The van der Waals surface area contributed by atoms with Crippen LogP contribution in [0.2, 0.25) is 0 Å². The summed E-state index contributed by atoms with van der Waals surface area (Å²) in [6, 6.07) is 28.0. The molecule has 0 fully saturated rings. The van der Waals surface area contributed by atoms with Gasteiger partial charge in [0.15, 0.2) is 0 Å². The molecule has 6 heteroatoms. The second kappa shape index (κ2) is 9.16. The quantitative estimate of drug-likeness (QED) is 0.259. The summed E-state index contributed by atoms with van der Waals surface area (Å²) in [6.07, 6.45) is 9.65. The highest BCUT2D eigenvalue weighted by Gasteiger charge is 2.04. The third-order valence-electron chi connectivity index (χ3n) is 5.80. The normalized spacial score (nSPS) is 11.6. The van der Waals surface area contributed by atoms with Crippen molar-refractivity contribution in [2.24, 2.45) is 0 Å². The SMILES string of the molecule is N#Cc1cc2cc3ccc(cc4nc(cc5nc(cc1[nH]2)C=C5)C=C4)[nH]3.c1ccc2ncccc2c1. The minimum Gasteiger partial charge on any atom is -0.355 e. The molecule has 36 heavy (non-hydrogen) atoms. The molecular weight excluding hydrogens is 444 g/mol. The molecule has 0 unspecified atom stereocenters. The van der Waals surface area contributed by atoms with Crippen molar-refractivity contribution in [2.75, 3.05) is 0 Å². The maximum atomic E-state index is 9.42. The van der Waals surface area contributed by atoms with E-state index in [1.165, 1.54) is 5.39 Å². The van der Waals surface area contributed by atoms with E-state index < -0.39 is 0 Å². The number of fused-ring (bicyclic) bond motifs is 9. The van der Waals surface area contributed by atoms with Crippen LogP contribution in [-0.2, 0) is 0 Å². The van der Waals surface area contributed by atoms with E-state index in [1.807, 2.05) is 97.2 Å². The van der Waals surface area contributed by atoms with Crippen molar-refractivity contribution < 1.29 is 0 Å². The van der Waals surface area contributed by atoms with Gasteiger partial charge in [-0.3, -0.25) is 4.98 Å². The number of nitrogens with zero attached hydrogens (tertiary/aromatic N) is 4. The summed E-state index contributed by atoms with van der Waals surface area (Å²) in [4.78, 5) is 20.0. The molecule has 4 aromatic heterocycles. The van der Waals surface area contributed by atoms with Crippen LogP contribution < -0.4 is 0 Å². The summed E-state index contributed by atoms with van der Waals surface area (Å²) in [6.45, 7) is 0. The fourth-order valence-corrected chi connectivity index (χ4v) is 4.13. The van der Waals surface area contributed by atoms with E-state index in [2.05, 4.69) is 43.1 Å². The molecule has 0 spiro atoms.